The molecule has 0 saturated heterocycles. The SMILES string of the molecule is CC(C)(C)NC(=O)c1ccc([C@]2(c3ccc(OCc4ccccn4)cc3)C[C@@H]3CC[C@H]2C3)cc1. The van der Waals surface area contributed by atoms with Crippen LogP contribution in [0, 0.1) is 11.8 Å². The van der Waals surface area contributed by atoms with Gasteiger partial charge in [0.2, 0.25) is 0 Å². The molecule has 34 heavy (non-hydrogen) atoms. The molecule has 2 aliphatic rings. The molecule has 1 amide bonds. The molecule has 5 rings (SSSR count). The topological polar surface area (TPSA) is 51.2 Å². The number of fused-ring (bicyclic) bond motifs is 2. The molecule has 2 aromatic carbocycles. The molecular weight excluding hydrogens is 420 g/mol. The first-order chi connectivity index (χ1) is 16.3. The van der Waals surface area contributed by atoms with Crippen LogP contribution in [0.15, 0.2) is 72.9 Å². The van der Waals surface area contributed by atoms with Crippen LogP contribution in [-0.4, -0.2) is 16.4 Å². The van der Waals surface area contributed by atoms with E-state index < -0.39 is 0 Å². The molecule has 2 bridgehead atoms. The van der Waals surface area contributed by atoms with Gasteiger partial charge in [0.15, 0.2) is 0 Å². The van der Waals surface area contributed by atoms with Gasteiger partial charge in [0.05, 0.1) is 5.69 Å². The smallest absolute Gasteiger partial charge is 0.251 e. The molecule has 3 atom stereocenters. The lowest BCUT2D eigenvalue weighted by molar-refractivity contribution is 0.0919. The van der Waals surface area contributed by atoms with E-state index in [1.54, 1.807) is 6.20 Å². The van der Waals surface area contributed by atoms with Crippen molar-refractivity contribution >= 4 is 5.91 Å². The van der Waals surface area contributed by atoms with E-state index >= 15 is 0 Å². The van der Waals surface area contributed by atoms with Crippen molar-refractivity contribution in [1.29, 1.82) is 0 Å². The minimum absolute atomic E-state index is 0.0153. The van der Waals surface area contributed by atoms with Crippen LogP contribution in [0.5, 0.6) is 5.75 Å². The Morgan fingerprint density at radius 1 is 1.00 bits per heavy atom. The Kier molecular flexibility index (Phi) is 5.93. The molecule has 176 valence electrons. The number of carbonyl (C=O) groups is 1. The van der Waals surface area contributed by atoms with Gasteiger partial charge in [-0.3, -0.25) is 9.78 Å². The summed E-state index contributed by atoms with van der Waals surface area (Å²) in [5, 5.41) is 3.07. The number of hydrogen-bond acceptors (Lipinski definition) is 3. The summed E-state index contributed by atoms with van der Waals surface area (Å²) in [6.45, 7) is 6.49. The van der Waals surface area contributed by atoms with Crippen molar-refractivity contribution in [2.75, 3.05) is 0 Å². The van der Waals surface area contributed by atoms with E-state index in [9.17, 15) is 4.79 Å². The van der Waals surface area contributed by atoms with Gasteiger partial charge in [-0.25, -0.2) is 0 Å². The summed E-state index contributed by atoms with van der Waals surface area (Å²) in [6, 6.07) is 22.9. The van der Waals surface area contributed by atoms with Crippen molar-refractivity contribution < 1.29 is 9.53 Å². The summed E-state index contributed by atoms with van der Waals surface area (Å²) in [5.41, 5.74) is 4.09. The predicted octanol–water partition coefficient (Wildman–Crippen LogP) is 6.30. The molecule has 2 fully saturated rings. The van der Waals surface area contributed by atoms with Crippen LogP contribution in [0.3, 0.4) is 0 Å². The minimum Gasteiger partial charge on any atom is -0.487 e. The molecule has 0 radical (unpaired) electrons. The van der Waals surface area contributed by atoms with E-state index in [2.05, 4.69) is 46.7 Å². The summed E-state index contributed by atoms with van der Waals surface area (Å²) >= 11 is 0. The molecule has 4 heteroatoms. The molecule has 1 N–H and O–H groups in total. The zero-order chi connectivity index (χ0) is 23.8. The standard InChI is InChI=1S/C30H34N2O2/c1-29(2,3)32-28(33)22-8-11-23(12-9-22)30(19-21-7-10-25(30)18-21)24-13-15-27(16-14-24)34-20-26-6-4-5-17-31-26/h4-6,8-9,11-17,21,25H,7,10,18-20H2,1-3H3,(H,32,33)/t21-,25+,30+/m1/s1. The van der Waals surface area contributed by atoms with E-state index in [1.165, 1.54) is 36.8 Å². The quantitative estimate of drug-likeness (QED) is 0.476. The Labute approximate surface area is 202 Å². The summed E-state index contributed by atoms with van der Waals surface area (Å²) in [4.78, 5) is 17.0. The lowest BCUT2D eigenvalue weighted by atomic mass is 9.64. The maximum absolute atomic E-state index is 12.6. The Morgan fingerprint density at radius 2 is 1.71 bits per heavy atom. The highest BCUT2D eigenvalue weighted by atomic mass is 16.5. The second-order valence-electron chi connectivity index (χ2n) is 11.0. The monoisotopic (exact) mass is 454 g/mol. The molecule has 3 aromatic rings. The van der Waals surface area contributed by atoms with Crippen LogP contribution in [0.4, 0.5) is 0 Å². The maximum atomic E-state index is 12.6. The van der Waals surface area contributed by atoms with Gasteiger partial charge in [0.1, 0.15) is 12.4 Å². The largest absolute Gasteiger partial charge is 0.487 e. The van der Waals surface area contributed by atoms with Crippen molar-refractivity contribution in [3.05, 3.63) is 95.3 Å². The van der Waals surface area contributed by atoms with Gasteiger partial charge in [-0.05, 0) is 99.4 Å². The van der Waals surface area contributed by atoms with Gasteiger partial charge in [-0.2, -0.15) is 0 Å². The third-order valence-corrected chi connectivity index (χ3v) is 7.48. The number of carbonyl (C=O) groups excluding carboxylic acids is 1. The Hall–Kier alpha value is -3.14. The minimum atomic E-state index is -0.248. The van der Waals surface area contributed by atoms with Gasteiger partial charge in [0.25, 0.3) is 5.91 Å². The fourth-order valence-corrected chi connectivity index (χ4v) is 6.02. The van der Waals surface area contributed by atoms with Crippen LogP contribution in [0.25, 0.3) is 0 Å². The summed E-state index contributed by atoms with van der Waals surface area (Å²) in [6.07, 6.45) is 6.88. The molecule has 2 saturated carbocycles. The fraction of sp³-hybridized carbons (Fsp3) is 0.400. The number of hydrogen-bond donors (Lipinski definition) is 1. The van der Waals surface area contributed by atoms with Gasteiger partial charge in [-0.15, -0.1) is 0 Å². The van der Waals surface area contributed by atoms with Crippen molar-refractivity contribution in [3.8, 4) is 5.75 Å². The van der Waals surface area contributed by atoms with Crippen LogP contribution in [0.1, 0.15) is 73.6 Å². The van der Waals surface area contributed by atoms with Crippen LogP contribution in [0.2, 0.25) is 0 Å². The van der Waals surface area contributed by atoms with Gasteiger partial charge in [-0.1, -0.05) is 36.8 Å². The Balaban J connectivity index is 1.39. The fourth-order valence-electron chi connectivity index (χ4n) is 6.02. The van der Waals surface area contributed by atoms with Gasteiger partial charge < -0.3 is 10.1 Å². The van der Waals surface area contributed by atoms with E-state index in [4.69, 9.17) is 4.74 Å². The number of pyridine rings is 1. The zero-order valence-corrected chi connectivity index (χ0v) is 20.4. The number of rotatable bonds is 6. The lowest BCUT2D eigenvalue weighted by Crippen LogP contribution is -2.40. The third kappa shape index (κ3) is 4.46. The van der Waals surface area contributed by atoms with Crippen LogP contribution in [-0.2, 0) is 12.0 Å². The van der Waals surface area contributed by atoms with Crippen molar-refractivity contribution in [1.82, 2.24) is 10.3 Å². The van der Waals surface area contributed by atoms with E-state index in [0.717, 1.165) is 22.9 Å². The molecule has 0 unspecified atom stereocenters. The molecule has 1 heterocycles. The van der Waals surface area contributed by atoms with Crippen molar-refractivity contribution in [3.63, 3.8) is 0 Å². The number of aromatic nitrogens is 1. The normalized spacial score (nSPS) is 23.6. The Morgan fingerprint density at radius 3 is 2.26 bits per heavy atom. The molecular formula is C30H34N2O2. The van der Waals surface area contributed by atoms with E-state index in [0.29, 0.717) is 12.5 Å². The average molecular weight is 455 g/mol. The third-order valence-electron chi connectivity index (χ3n) is 7.48. The van der Waals surface area contributed by atoms with E-state index in [1.807, 2.05) is 51.1 Å². The summed E-state index contributed by atoms with van der Waals surface area (Å²) in [5.74, 6) is 2.28. The first-order valence-electron chi connectivity index (χ1n) is 12.4. The highest BCUT2D eigenvalue weighted by Gasteiger charge is 2.52. The predicted molar refractivity (Wildman–Crippen MR) is 135 cm³/mol. The molecule has 4 nitrogen and oxygen atoms in total. The first kappa shape index (κ1) is 22.6. The zero-order valence-electron chi connectivity index (χ0n) is 20.4. The summed E-state index contributed by atoms with van der Waals surface area (Å²) < 4.78 is 5.99. The highest BCUT2D eigenvalue weighted by molar-refractivity contribution is 5.94. The van der Waals surface area contributed by atoms with E-state index in [-0.39, 0.29) is 16.9 Å². The Bertz CT molecular complexity index is 1130. The molecule has 2 aliphatic carbocycles. The maximum Gasteiger partial charge on any atom is 0.251 e. The van der Waals surface area contributed by atoms with Crippen molar-refractivity contribution in [2.45, 2.75) is 64.0 Å². The average Bonchev–Trinajstić information content (AvgIpc) is 3.45. The highest BCUT2D eigenvalue weighted by Crippen LogP contribution is 2.60. The van der Waals surface area contributed by atoms with Crippen molar-refractivity contribution in [2.24, 2.45) is 11.8 Å². The van der Waals surface area contributed by atoms with Gasteiger partial charge in [0, 0.05) is 22.7 Å². The summed E-state index contributed by atoms with van der Waals surface area (Å²) in [7, 11) is 0. The first-order valence-corrected chi connectivity index (χ1v) is 12.4. The molecule has 1 aromatic heterocycles. The molecule has 0 aliphatic heterocycles. The number of benzene rings is 2. The second-order valence-corrected chi connectivity index (χ2v) is 11.0. The number of amides is 1. The number of nitrogens with zero attached hydrogens (tertiary/aromatic N) is 1. The lowest BCUT2D eigenvalue weighted by Gasteiger charge is -2.39. The molecule has 0 spiro atoms. The number of nitrogens with one attached hydrogen (secondary N) is 1. The number of ether oxygens (including phenoxy) is 1. The van der Waals surface area contributed by atoms with Crippen LogP contribution >= 0.6 is 0 Å². The van der Waals surface area contributed by atoms with Gasteiger partial charge >= 0.3 is 0 Å². The van der Waals surface area contributed by atoms with Crippen LogP contribution < -0.4 is 10.1 Å². The second kappa shape index (κ2) is 8.90.